The minimum Gasteiger partial charge on any atom is -0.481 e. The second kappa shape index (κ2) is 8.44. The van der Waals surface area contributed by atoms with Crippen LogP contribution < -0.4 is 0 Å². The quantitative estimate of drug-likeness (QED) is 0.816. The average Bonchev–Trinajstić information content (AvgIpc) is 2.58. The van der Waals surface area contributed by atoms with Crippen molar-refractivity contribution in [1.82, 2.24) is 4.90 Å². The Labute approximate surface area is 157 Å². The Hall–Kier alpha value is -2.53. The molecule has 3 rings (SSSR count). The van der Waals surface area contributed by atoms with Gasteiger partial charge >= 0.3 is 5.97 Å². The lowest BCUT2D eigenvalue weighted by Gasteiger charge is -2.29. The molecule has 3 nitrogen and oxygen atoms in total. The zero-order chi connectivity index (χ0) is 19.4. The van der Waals surface area contributed by atoms with E-state index in [0.717, 1.165) is 43.3 Å². The van der Waals surface area contributed by atoms with Crippen molar-refractivity contribution in [2.45, 2.75) is 32.7 Å². The maximum Gasteiger partial charge on any atom is 0.303 e. The molecule has 5 heteroatoms. The van der Waals surface area contributed by atoms with Crippen LogP contribution in [-0.2, 0) is 24.2 Å². The van der Waals surface area contributed by atoms with Gasteiger partial charge in [-0.25, -0.2) is 8.78 Å². The summed E-state index contributed by atoms with van der Waals surface area (Å²) in [6, 6.07) is 9.74. The van der Waals surface area contributed by atoms with Crippen LogP contribution in [0.15, 0.2) is 42.0 Å². The van der Waals surface area contributed by atoms with E-state index in [9.17, 15) is 13.6 Å². The lowest BCUT2D eigenvalue weighted by molar-refractivity contribution is -0.136. The summed E-state index contributed by atoms with van der Waals surface area (Å²) in [7, 11) is 0. The molecule has 0 spiro atoms. The van der Waals surface area contributed by atoms with Gasteiger partial charge in [0.15, 0.2) is 0 Å². The van der Waals surface area contributed by atoms with E-state index in [1.807, 2.05) is 19.1 Å². The van der Waals surface area contributed by atoms with Crippen LogP contribution in [0.4, 0.5) is 8.78 Å². The van der Waals surface area contributed by atoms with Gasteiger partial charge in [-0.2, -0.15) is 0 Å². The molecular weight excluding hydrogens is 348 g/mol. The maximum absolute atomic E-state index is 13.3. The molecule has 1 heterocycles. The molecule has 0 fully saturated rings. The zero-order valence-electron chi connectivity index (χ0n) is 15.3. The van der Waals surface area contributed by atoms with Crippen molar-refractivity contribution in [3.05, 3.63) is 75.9 Å². The molecule has 0 amide bonds. The van der Waals surface area contributed by atoms with Gasteiger partial charge in [0, 0.05) is 32.1 Å². The third-order valence-corrected chi connectivity index (χ3v) is 4.76. The molecule has 0 radical (unpaired) electrons. The lowest BCUT2D eigenvalue weighted by atomic mass is 9.95. The van der Waals surface area contributed by atoms with E-state index < -0.39 is 17.6 Å². The fourth-order valence-corrected chi connectivity index (χ4v) is 3.55. The van der Waals surface area contributed by atoms with Crippen molar-refractivity contribution in [2.75, 3.05) is 13.1 Å². The number of nitrogens with zero attached hydrogens (tertiary/aromatic N) is 1. The summed E-state index contributed by atoms with van der Waals surface area (Å²) in [5, 5.41) is 8.81. The Balaban J connectivity index is 1.63. The van der Waals surface area contributed by atoms with Crippen LogP contribution in [0.25, 0.3) is 6.08 Å². The van der Waals surface area contributed by atoms with Gasteiger partial charge in [0.05, 0.1) is 0 Å². The molecule has 1 aliphatic rings. The SMILES string of the molecule is C/C(=C\c1cc(F)cc(F)c1)CN1CCc2cc(CCC(=O)O)ccc2C1. The number of carboxylic acids is 1. The number of halogens is 2. The van der Waals surface area contributed by atoms with Crippen molar-refractivity contribution in [3.63, 3.8) is 0 Å². The number of hydrogen-bond acceptors (Lipinski definition) is 2. The number of carbonyl (C=O) groups is 1. The molecule has 0 saturated heterocycles. The van der Waals surface area contributed by atoms with Crippen molar-refractivity contribution in [3.8, 4) is 0 Å². The van der Waals surface area contributed by atoms with Crippen LogP contribution in [0.1, 0.15) is 35.6 Å². The van der Waals surface area contributed by atoms with Gasteiger partial charge < -0.3 is 5.11 Å². The highest BCUT2D eigenvalue weighted by Gasteiger charge is 2.17. The monoisotopic (exact) mass is 371 g/mol. The molecule has 0 bridgehead atoms. The molecular formula is C22H23F2NO2. The topological polar surface area (TPSA) is 40.5 Å². The minimum atomic E-state index is -0.778. The smallest absolute Gasteiger partial charge is 0.303 e. The number of benzene rings is 2. The summed E-state index contributed by atoms with van der Waals surface area (Å²) in [5.41, 5.74) is 5.17. The highest BCUT2D eigenvalue weighted by molar-refractivity contribution is 5.67. The predicted octanol–water partition coefficient (Wildman–Crippen LogP) is 4.44. The van der Waals surface area contributed by atoms with Crippen molar-refractivity contribution >= 4 is 12.0 Å². The van der Waals surface area contributed by atoms with Crippen LogP contribution in [0.3, 0.4) is 0 Å². The molecule has 0 saturated carbocycles. The number of aliphatic carboxylic acids is 1. The third kappa shape index (κ3) is 5.47. The second-order valence-corrected chi connectivity index (χ2v) is 7.15. The van der Waals surface area contributed by atoms with Gasteiger partial charge in [0.1, 0.15) is 11.6 Å². The number of aryl methyl sites for hydroxylation is 1. The Morgan fingerprint density at radius 2 is 1.89 bits per heavy atom. The Morgan fingerprint density at radius 1 is 1.15 bits per heavy atom. The van der Waals surface area contributed by atoms with Gasteiger partial charge in [-0.05, 0) is 54.2 Å². The Morgan fingerprint density at radius 3 is 2.59 bits per heavy atom. The first-order valence-electron chi connectivity index (χ1n) is 9.07. The molecule has 1 N–H and O–H groups in total. The van der Waals surface area contributed by atoms with Gasteiger partial charge in [0.2, 0.25) is 0 Å². The molecule has 27 heavy (non-hydrogen) atoms. The molecule has 0 aliphatic carbocycles. The molecule has 2 aromatic rings. The lowest BCUT2D eigenvalue weighted by Crippen LogP contribution is -2.31. The van der Waals surface area contributed by atoms with Crippen molar-refractivity contribution in [2.24, 2.45) is 0 Å². The van der Waals surface area contributed by atoms with E-state index in [1.54, 1.807) is 0 Å². The third-order valence-electron chi connectivity index (χ3n) is 4.76. The van der Waals surface area contributed by atoms with Crippen LogP contribution in [0.5, 0.6) is 0 Å². The van der Waals surface area contributed by atoms with E-state index in [2.05, 4.69) is 17.0 Å². The van der Waals surface area contributed by atoms with E-state index in [4.69, 9.17) is 5.11 Å². The normalized spacial score (nSPS) is 14.9. The molecule has 0 aromatic heterocycles. The van der Waals surface area contributed by atoms with Crippen LogP contribution >= 0.6 is 0 Å². The summed E-state index contributed by atoms with van der Waals surface area (Å²) >= 11 is 0. The van der Waals surface area contributed by atoms with Crippen LogP contribution in [-0.4, -0.2) is 29.1 Å². The summed E-state index contributed by atoms with van der Waals surface area (Å²) in [6.45, 7) is 4.42. The molecule has 0 unspecified atom stereocenters. The number of hydrogen-bond donors (Lipinski definition) is 1. The standard InChI is InChI=1S/C22H23F2NO2/c1-15(8-17-10-20(23)12-21(24)11-17)13-25-7-6-18-9-16(3-5-22(26)27)2-4-19(18)14-25/h2,4,8-12H,3,5-7,13-14H2,1H3,(H,26,27)/b15-8+. The molecule has 0 atom stereocenters. The van der Waals surface area contributed by atoms with Gasteiger partial charge in [-0.3, -0.25) is 9.69 Å². The summed E-state index contributed by atoms with van der Waals surface area (Å²) in [6.07, 6.45) is 3.43. The fourth-order valence-electron chi connectivity index (χ4n) is 3.55. The minimum absolute atomic E-state index is 0.148. The van der Waals surface area contributed by atoms with Gasteiger partial charge in [-0.15, -0.1) is 0 Å². The van der Waals surface area contributed by atoms with Crippen LogP contribution in [0.2, 0.25) is 0 Å². The summed E-state index contributed by atoms with van der Waals surface area (Å²) in [4.78, 5) is 13.0. The highest BCUT2D eigenvalue weighted by Crippen LogP contribution is 2.22. The highest BCUT2D eigenvalue weighted by atomic mass is 19.1. The number of rotatable bonds is 6. The Bertz CT molecular complexity index is 856. The first kappa shape index (κ1) is 19.2. The van der Waals surface area contributed by atoms with E-state index >= 15 is 0 Å². The van der Waals surface area contributed by atoms with Crippen molar-refractivity contribution < 1.29 is 18.7 Å². The maximum atomic E-state index is 13.3. The zero-order valence-corrected chi connectivity index (χ0v) is 15.3. The number of carboxylic acid groups (broad SMARTS) is 1. The van der Waals surface area contributed by atoms with E-state index in [1.165, 1.54) is 23.3 Å². The first-order valence-corrected chi connectivity index (χ1v) is 9.07. The first-order chi connectivity index (χ1) is 12.9. The molecule has 142 valence electrons. The van der Waals surface area contributed by atoms with E-state index in [0.29, 0.717) is 12.0 Å². The fraction of sp³-hybridized carbons (Fsp3) is 0.318. The second-order valence-electron chi connectivity index (χ2n) is 7.15. The summed E-state index contributed by atoms with van der Waals surface area (Å²) < 4.78 is 26.6. The van der Waals surface area contributed by atoms with Crippen molar-refractivity contribution in [1.29, 1.82) is 0 Å². The molecule has 1 aliphatic heterocycles. The molecule has 2 aromatic carbocycles. The van der Waals surface area contributed by atoms with Crippen LogP contribution in [0, 0.1) is 11.6 Å². The van der Waals surface area contributed by atoms with Gasteiger partial charge in [0.25, 0.3) is 0 Å². The Kier molecular flexibility index (Phi) is 6.01. The van der Waals surface area contributed by atoms with Gasteiger partial charge in [-0.1, -0.05) is 29.8 Å². The number of fused-ring (bicyclic) bond motifs is 1. The average molecular weight is 371 g/mol. The largest absolute Gasteiger partial charge is 0.481 e. The summed E-state index contributed by atoms with van der Waals surface area (Å²) in [5.74, 6) is -1.92. The predicted molar refractivity (Wildman–Crippen MR) is 101 cm³/mol. The van der Waals surface area contributed by atoms with E-state index in [-0.39, 0.29) is 6.42 Å².